The van der Waals surface area contributed by atoms with Crippen molar-refractivity contribution >= 4 is 12.2 Å². The average Bonchev–Trinajstić information content (AvgIpc) is 3.20. The summed E-state index contributed by atoms with van der Waals surface area (Å²) in [7, 11) is 1.89. The summed E-state index contributed by atoms with van der Waals surface area (Å²) >= 11 is 0. The normalized spacial score (nSPS) is 12.8. The smallest absolute Gasteiger partial charge is 0.407 e. The summed E-state index contributed by atoms with van der Waals surface area (Å²) in [5, 5.41) is 7.06. The highest BCUT2D eigenvalue weighted by Crippen LogP contribution is 2.44. The third-order valence-corrected chi connectivity index (χ3v) is 5.06. The number of amides is 1. The fraction of sp³-hybridized carbons (Fsp3) is 0.217. The molecule has 1 aliphatic rings. The summed E-state index contributed by atoms with van der Waals surface area (Å²) in [4.78, 5) is 12.1. The molecule has 0 bridgehead atoms. The van der Waals surface area contributed by atoms with Gasteiger partial charge in [0.1, 0.15) is 6.61 Å². The minimum absolute atomic E-state index is 0.0757. The molecule has 0 spiro atoms. The molecule has 0 atom stereocenters. The van der Waals surface area contributed by atoms with Crippen LogP contribution in [0.3, 0.4) is 0 Å². The van der Waals surface area contributed by atoms with Gasteiger partial charge in [-0.25, -0.2) is 4.79 Å². The number of rotatable bonds is 5. The minimum Gasteiger partial charge on any atom is -0.449 e. The highest BCUT2D eigenvalue weighted by atomic mass is 16.5. The molecule has 0 fully saturated rings. The zero-order valence-electron chi connectivity index (χ0n) is 16.1. The van der Waals surface area contributed by atoms with Crippen molar-refractivity contribution in [2.75, 3.05) is 13.2 Å². The standard InChI is InChI=1S/C23H23N3O2/c1-16-17(14-26(2)25-16)8-7-13-24-23(27)28-15-22-20-11-5-3-9-18(20)19-10-4-6-12-21(19)22/h3-12,14,22H,13,15H2,1-2H3,(H,24,27). The van der Waals surface area contributed by atoms with E-state index in [-0.39, 0.29) is 5.92 Å². The number of carbonyl (C=O) groups is 1. The summed E-state index contributed by atoms with van der Waals surface area (Å²) in [6.45, 7) is 2.69. The van der Waals surface area contributed by atoms with Crippen molar-refractivity contribution in [2.45, 2.75) is 12.8 Å². The Hall–Kier alpha value is -3.34. The SMILES string of the molecule is Cc1nn(C)cc1C=CCNC(=O)OCC1c2ccccc2-c2ccccc21. The van der Waals surface area contributed by atoms with Gasteiger partial charge in [-0.05, 0) is 29.2 Å². The molecule has 0 saturated heterocycles. The second-order valence-corrected chi connectivity index (χ2v) is 6.95. The number of alkyl carbamates (subject to hydrolysis) is 1. The van der Waals surface area contributed by atoms with E-state index in [0.29, 0.717) is 13.2 Å². The third-order valence-electron chi connectivity index (χ3n) is 5.06. The van der Waals surface area contributed by atoms with Crippen LogP contribution in [0, 0.1) is 6.92 Å². The first-order chi connectivity index (χ1) is 13.6. The number of fused-ring (bicyclic) bond motifs is 3. The predicted molar refractivity (Wildman–Crippen MR) is 110 cm³/mol. The number of aromatic nitrogens is 2. The summed E-state index contributed by atoms with van der Waals surface area (Å²) in [6, 6.07) is 16.6. The molecule has 3 aromatic rings. The van der Waals surface area contributed by atoms with E-state index in [4.69, 9.17) is 4.74 Å². The third kappa shape index (κ3) is 3.56. The topological polar surface area (TPSA) is 56.2 Å². The van der Waals surface area contributed by atoms with Gasteiger partial charge in [0.2, 0.25) is 0 Å². The van der Waals surface area contributed by atoms with Gasteiger partial charge in [-0.1, -0.05) is 60.7 Å². The number of carbonyl (C=O) groups excluding carboxylic acids is 1. The van der Waals surface area contributed by atoms with E-state index in [1.165, 1.54) is 22.3 Å². The maximum atomic E-state index is 12.1. The Balaban J connectivity index is 1.34. The van der Waals surface area contributed by atoms with Crippen molar-refractivity contribution in [2.24, 2.45) is 7.05 Å². The average molecular weight is 373 g/mol. The van der Waals surface area contributed by atoms with Crippen LogP contribution in [0.15, 0.2) is 60.8 Å². The lowest BCUT2D eigenvalue weighted by molar-refractivity contribution is 0.144. The Labute approximate surface area is 164 Å². The van der Waals surface area contributed by atoms with Gasteiger partial charge in [0.15, 0.2) is 0 Å². The van der Waals surface area contributed by atoms with Gasteiger partial charge >= 0.3 is 6.09 Å². The molecule has 1 heterocycles. The molecule has 142 valence electrons. The molecule has 5 heteroatoms. The molecule has 1 aliphatic carbocycles. The maximum Gasteiger partial charge on any atom is 0.407 e. The number of benzene rings is 2. The van der Waals surface area contributed by atoms with Crippen LogP contribution in [0.2, 0.25) is 0 Å². The van der Waals surface area contributed by atoms with E-state index in [2.05, 4.69) is 34.7 Å². The molecule has 0 saturated carbocycles. The van der Waals surface area contributed by atoms with Crippen molar-refractivity contribution in [3.05, 3.63) is 83.2 Å². The Morgan fingerprint density at radius 2 is 1.79 bits per heavy atom. The lowest BCUT2D eigenvalue weighted by atomic mass is 9.98. The monoisotopic (exact) mass is 373 g/mol. The lowest BCUT2D eigenvalue weighted by Gasteiger charge is -2.14. The van der Waals surface area contributed by atoms with Crippen LogP contribution in [0.5, 0.6) is 0 Å². The zero-order valence-corrected chi connectivity index (χ0v) is 16.1. The van der Waals surface area contributed by atoms with E-state index < -0.39 is 6.09 Å². The highest BCUT2D eigenvalue weighted by molar-refractivity contribution is 5.79. The Morgan fingerprint density at radius 3 is 2.39 bits per heavy atom. The summed E-state index contributed by atoms with van der Waals surface area (Å²) < 4.78 is 7.29. The lowest BCUT2D eigenvalue weighted by Crippen LogP contribution is -2.26. The van der Waals surface area contributed by atoms with E-state index in [0.717, 1.165) is 11.3 Å². The first-order valence-corrected chi connectivity index (χ1v) is 9.39. The van der Waals surface area contributed by atoms with Gasteiger partial charge in [0, 0.05) is 31.3 Å². The second-order valence-electron chi connectivity index (χ2n) is 6.95. The van der Waals surface area contributed by atoms with Crippen molar-refractivity contribution in [1.82, 2.24) is 15.1 Å². The Morgan fingerprint density at radius 1 is 1.14 bits per heavy atom. The number of hydrogen-bond donors (Lipinski definition) is 1. The van der Waals surface area contributed by atoms with Gasteiger partial charge in [0.25, 0.3) is 0 Å². The van der Waals surface area contributed by atoms with E-state index in [9.17, 15) is 4.79 Å². The molecule has 28 heavy (non-hydrogen) atoms. The summed E-state index contributed by atoms with van der Waals surface area (Å²) in [5.74, 6) is 0.0757. The minimum atomic E-state index is -0.408. The number of nitrogens with zero attached hydrogens (tertiary/aromatic N) is 2. The zero-order chi connectivity index (χ0) is 19.5. The van der Waals surface area contributed by atoms with Crippen LogP contribution in [0.4, 0.5) is 4.79 Å². The van der Waals surface area contributed by atoms with Crippen LogP contribution in [0.25, 0.3) is 17.2 Å². The van der Waals surface area contributed by atoms with Gasteiger partial charge in [0.05, 0.1) is 5.69 Å². The first kappa shape index (κ1) is 18.0. The van der Waals surface area contributed by atoms with Gasteiger partial charge in [-0.15, -0.1) is 0 Å². The molecule has 0 aliphatic heterocycles. The summed E-state index contributed by atoms with van der Waals surface area (Å²) in [5.41, 5.74) is 6.87. The van der Waals surface area contributed by atoms with Crippen LogP contribution in [-0.2, 0) is 11.8 Å². The van der Waals surface area contributed by atoms with Crippen LogP contribution < -0.4 is 5.32 Å². The molecule has 0 unspecified atom stereocenters. The molecular formula is C23H23N3O2. The number of nitrogens with one attached hydrogen (secondary N) is 1. The molecular weight excluding hydrogens is 350 g/mol. The largest absolute Gasteiger partial charge is 0.449 e. The quantitative estimate of drug-likeness (QED) is 0.726. The van der Waals surface area contributed by atoms with Crippen molar-refractivity contribution in [3.63, 3.8) is 0 Å². The second kappa shape index (κ2) is 7.72. The van der Waals surface area contributed by atoms with E-state index in [1.807, 2.05) is 56.6 Å². The van der Waals surface area contributed by atoms with Crippen molar-refractivity contribution in [3.8, 4) is 11.1 Å². The molecule has 1 N–H and O–H groups in total. The molecule has 0 radical (unpaired) electrons. The van der Waals surface area contributed by atoms with Gasteiger partial charge in [-0.2, -0.15) is 5.10 Å². The molecule has 5 nitrogen and oxygen atoms in total. The maximum absolute atomic E-state index is 12.1. The Bertz CT molecular complexity index is 990. The van der Waals surface area contributed by atoms with Crippen molar-refractivity contribution < 1.29 is 9.53 Å². The van der Waals surface area contributed by atoms with E-state index >= 15 is 0 Å². The van der Waals surface area contributed by atoms with Gasteiger partial charge in [-0.3, -0.25) is 4.68 Å². The van der Waals surface area contributed by atoms with Crippen molar-refractivity contribution in [1.29, 1.82) is 0 Å². The Kier molecular flexibility index (Phi) is 4.98. The summed E-state index contributed by atoms with van der Waals surface area (Å²) in [6.07, 6.45) is 5.38. The van der Waals surface area contributed by atoms with Crippen LogP contribution in [0.1, 0.15) is 28.3 Å². The van der Waals surface area contributed by atoms with Crippen LogP contribution >= 0.6 is 0 Å². The molecule has 2 aromatic carbocycles. The number of ether oxygens (including phenoxy) is 1. The van der Waals surface area contributed by atoms with E-state index in [1.54, 1.807) is 4.68 Å². The number of hydrogen-bond acceptors (Lipinski definition) is 3. The molecule has 4 rings (SSSR count). The molecule has 1 amide bonds. The fourth-order valence-electron chi connectivity index (χ4n) is 3.76. The highest BCUT2D eigenvalue weighted by Gasteiger charge is 2.28. The molecule has 1 aromatic heterocycles. The van der Waals surface area contributed by atoms with Crippen LogP contribution in [-0.4, -0.2) is 29.0 Å². The van der Waals surface area contributed by atoms with Gasteiger partial charge < -0.3 is 10.1 Å². The first-order valence-electron chi connectivity index (χ1n) is 9.39. The predicted octanol–water partition coefficient (Wildman–Crippen LogP) is 4.28. The number of aryl methyl sites for hydroxylation is 2. The fourth-order valence-corrected chi connectivity index (χ4v) is 3.76.